The molecule has 2 heterocycles. The van der Waals surface area contributed by atoms with Crippen LogP contribution in [0.3, 0.4) is 0 Å². The minimum atomic E-state index is 0.626. The summed E-state index contributed by atoms with van der Waals surface area (Å²) in [4.78, 5) is 13.7. The number of rotatable bonds is 3. The average Bonchev–Trinajstić information content (AvgIpc) is 2.63. The van der Waals surface area contributed by atoms with Crippen molar-refractivity contribution in [1.82, 2.24) is 14.9 Å². The summed E-state index contributed by atoms with van der Waals surface area (Å²) in [7, 11) is 2.17. The number of likely N-dealkylation sites (N-methyl/N-ethyl adjacent to an activating group) is 1. The second kappa shape index (κ2) is 6.45. The highest BCUT2D eigenvalue weighted by atomic mass is 15.2. The van der Waals surface area contributed by atoms with Gasteiger partial charge in [-0.3, -0.25) is 0 Å². The van der Waals surface area contributed by atoms with Gasteiger partial charge in [-0.2, -0.15) is 0 Å². The van der Waals surface area contributed by atoms with E-state index in [0.29, 0.717) is 5.95 Å². The fourth-order valence-electron chi connectivity index (χ4n) is 2.98. The monoisotopic (exact) mass is 319 g/mol. The number of aromatic nitrogens is 2. The molecule has 4 rings (SSSR count). The van der Waals surface area contributed by atoms with Gasteiger partial charge in [-0.25, -0.2) is 9.97 Å². The van der Waals surface area contributed by atoms with E-state index < -0.39 is 0 Å². The first-order valence-electron chi connectivity index (χ1n) is 8.30. The first kappa shape index (κ1) is 14.9. The van der Waals surface area contributed by atoms with Crippen LogP contribution in [0.15, 0.2) is 54.7 Å². The van der Waals surface area contributed by atoms with Gasteiger partial charge in [-0.15, -0.1) is 0 Å². The Kier molecular flexibility index (Phi) is 4.01. The van der Waals surface area contributed by atoms with Crippen LogP contribution in [0.1, 0.15) is 0 Å². The van der Waals surface area contributed by atoms with Gasteiger partial charge in [0.05, 0.1) is 5.52 Å². The highest BCUT2D eigenvalue weighted by Crippen LogP contribution is 2.21. The van der Waals surface area contributed by atoms with Crippen LogP contribution in [0, 0.1) is 0 Å². The van der Waals surface area contributed by atoms with E-state index in [4.69, 9.17) is 0 Å². The van der Waals surface area contributed by atoms with Crippen LogP contribution in [0.5, 0.6) is 0 Å². The van der Waals surface area contributed by atoms with E-state index in [9.17, 15) is 0 Å². The molecule has 5 heteroatoms. The zero-order chi connectivity index (χ0) is 16.4. The molecule has 24 heavy (non-hydrogen) atoms. The normalized spacial score (nSPS) is 15.6. The highest BCUT2D eigenvalue weighted by molar-refractivity contribution is 5.78. The molecule has 2 aromatic carbocycles. The van der Waals surface area contributed by atoms with Crippen molar-refractivity contribution < 1.29 is 0 Å². The van der Waals surface area contributed by atoms with Crippen molar-refractivity contribution >= 4 is 28.2 Å². The van der Waals surface area contributed by atoms with E-state index >= 15 is 0 Å². The van der Waals surface area contributed by atoms with Crippen LogP contribution in [0.25, 0.3) is 10.9 Å². The Hall–Kier alpha value is -2.66. The maximum atomic E-state index is 4.55. The number of fused-ring (bicyclic) bond motifs is 1. The van der Waals surface area contributed by atoms with Crippen molar-refractivity contribution in [2.75, 3.05) is 43.4 Å². The molecule has 0 amide bonds. The van der Waals surface area contributed by atoms with Crippen molar-refractivity contribution in [2.45, 2.75) is 0 Å². The quantitative estimate of drug-likeness (QED) is 0.803. The molecule has 0 spiro atoms. The minimum absolute atomic E-state index is 0.626. The standard InChI is InChI=1S/C19H21N5/c1-23-10-12-24(13-11-23)17-8-6-16(7-9-17)21-19-20-14-15-4-2-3-5-18(15)22-19/h2-9,14H,10-13H2,1H3,(H,20,21,22). The predicted octanol–water partition coefficient (Wildman–Crippen LogP) is 3.13. The number of piperazine rings is 1. The fraction of sp³-hybridized carbons (Fsp3) is 0.263. The van der Waals surface area contributed by atoms with E-state index in [1.807, 2.05) is 30.5 Å². The second-order valence-electron chi connectivity index (χ2n) is 6.21. The van der Waals surface area contributed by atoms with Gasteiger partial charge in [-0.1, -0.05) is 18.2 Å². The van der Waals surface area contributed by atoms with Crippen LogP contribution in [0.4, 0.5) is 17.3 Å². The highest BCUT2D eigenvalue weighted by Gasteiger charge is 2.13. The lowest BCUT2D eigenvalue weighted by Gasteiger charge is -2.34. The van der Waals surface area contributed by atoms with Gasteiger partial charge in [0.1, 0.15) is 0 Å². The van der Waals surface area contributed by atoms with Gasteiger partial charge in [0.2, 0.25) is 5.95 Å². The molecule has 1 saturated heterocycles. The van der Waals surface area contributed by atoms with Gasteiger partial charge in [0.25, 0.3) is 0 Å². The van der Waals surface area contributed by atoms with Crippen molar-refractivity contribution in [3.63, 3.8) is 0 Å². The smallest absolute Gasteiger partial charge is 0.227 e. The molecule has 0 unspecified atom stereocenters. The molecule has 122 valence electrons. The van der Waals surface area contributed by atoms with E-state index in [1.54, 1.807) is 0 Å². The molecule has 1 aliphatic rings. The van der Waals surface area contributed by atoms with Crippen LogP contribution < -0.4 is 10.2 Å². The third kappa shape index (κ3) is 3.16. The Labute approximate surface area is 141 Å². The molecule has 1 aromatic heterocycles. The van der Waals surface area contributed by atoms with Gasteiger partial charge in [0.15, 0.2) is 0 Å². The van der Waals surface area contributed by atoms with Crippen LogP contribution in [-0.2, 0) is 0 Å². The third-order valence-electron chi connectivity index (χ3n) is 4.48. The van der Waals surface area contributed by atoms with Crippen LogP contribution >= 0.6 is 0 Å². The predicted molar refractivity (Wildman–Crippen MR) is 99.0 cm³/mol. The van der Waals surface area contributed by atoms with Gasteiger partial charge in [0, 0.05) is 49.1 Å². The Morgan fingerprint density at radius 1 is 0.917 bits per heavy atom. The van der Waals surface area contributed by atoms with Gasteiger partial charge < -0.3 is 15.1 Å². The Bertz CT molecular complexity index is 823. The largest absolute Gasteiger partial charge is 0.369 e. The summed E-state index contributed by atoms with van der Waals surface area (Å²) in [6.45, 7) is 4.39. The lowest BCUT2D eigenvalue weighted by Crippen LogP contribution is -2.44. The fourth-order valence-corrected chi connectivity index (χ4v) is 2.98. The summed E-state index contributed by atoms with van der Waals surface area (Å²) in [5.41, 5.74) is 3.22. The third-order valence-corrected chi connectivity index (χ3v) is 4.48. The second-order valence-corrected chi connectivity index (χ2v) is 6.21. The van der Waals surface area contributed by atoms with Crippen molar-refractivity contribution in [3.05, 3.63) is 54.7 Å². The Balaban J connectivity index is 1.48. The zero-order valence-corrected chi connectivity index (χ0v) is 13.8. The molecule has 0 bridgehead atoms. The summed E-state index contributed by atoms with van der Waals surface area (Å²) in [6, 6.07) is 16.5. The maximum Gasteiger partial charge on any atom is 0.227 e. The molecule has 3 aromatic rings. The number of para-hydroxylation sites is 1. The topological polar surface area (TPSA) is 44.3 Å². The van der Waals surface area contributed by atoms with Crippen molar-refractivity contribution in [3.8, 4) is 0 Å². The van der Waals surface area contributed by atoms with Crippen LogP contribution in [0.2, 0.25) is 0 Å². The van der Waals surface area contributed by atoms with E-state index in [-0.39, 0.29) is 0 Å². The molecule has 0 atom stereocenters. The summed E-state index contributed by atoms with van der Waals surface area (Å²) in [5.74, 6) is 0.626. The average molecular weight is 319 g/mol. The summed E-state index contributed by atoms with van der Waals surface area (Å²) in [5, 5.41) is 4.33. The number of hydrogen-bond acceptors (Lipinski definition) is 5. The Morgan fingerprint density at radius 2 is 1.67 bits per heavy atom. The molecular weight excluding hydrogens is 298 g/mol. The lowest BCUT2D eigenvalue weighted by atomic mass is 10.2. The first-order chi connectivity index (χ1) is 11.8. The molecular formula is C19H21N5. The van der Waals surface area contributed by atoms with E-state index in [2.05, 4.69) is 56.4 Å². The first-order valence-corrected chi connectivity index (χ1v) is 8.30. The molecule has 0 aliphatic carbocycles. The molecule has 1 fully saturated rings. The molecule has 0 radical (unpaired) electrons. The molecule has 0 saturated carbocycles. The number of nitrogens with zero attached hydrogens (tertiary/aromatic N) is 4. The van der Waals surface area contributed by atoms with E-state index in [0.717, 1.165) is 42.8 Å². The summed E-state index contributed by atoms with van der Waals surface area (Å²) in [6.07, 6.45) is 1.85. The van der Waals surface area contributed by atoms with Crippen molar-refractivity contribution in [1.29, 1.82) is 0 Å². The van der Waals surface area contributed by atoms with Crippen LogP contribution in [-0.4, -0.2) is 48.1 Å². The molecule has 1 N–H and O–H groups in total. The van der Waals surface area contributed by atoms with Gasteiger partial charge >= 0.3 is 0 Å². The zero-order valence-electron chi connectivity index (χ0n) is 13.8. The minimum Gasteiger partial charge on any atom is -0.369 e. The number of nitrogens with one attached hydrogen (secondary N) is 1. The maximum absolute atomic E-state index is 4.55. The Morgan fingerprint density at radius 3 is 2.46 bits per heavy atom. The number of anilines is 3. The number of benzene rings is 2. The van der Waals surface area contributed by atoms with Crippen molar-refractivity contribution in [2.24, 2.45) is 0 Å². The molecule has 1 aliphatic heterocycles. The van der Waals surface area contributed by atoms with Gasteiger partial charge in [-0.05, 0) is 37.4 Å². The SMILES string of the molecule is CN1CCN(c2ccc(Nc3ncc4ccccc4n3)cc2)CC1. The summed E-state index contributed by atoms with van der Waals surface area (Å²) >= 11 is 0. The summed E-state index contributed by atoms with van der Waals surface area (Å²) < 4.78 is 0. The molecule has 5 nitrogen and oxygen atoms in total. The van der Waals surface area contributed by atoms with E-state index in [1.165, 1.54) is 5.69 Å². The number of hydrogen-bond donors (Lipinski definition) is 1. The lowest BCUT2D eigenvalue weighted by molar-refractivity contribution is 0.313.